The summed E-state index contributed by atoms with van der Waals surface area (Å²) in [6.45, 7) is 10.6. The minimum absolute atomic E-state index is 0.671. The fraction of sp³-hybridized carbons (Fsp3) is 0.304. The van der Waals surface area contributed by atoms with E-state index in [-0.39, 0.29) is 0 Å². The largest absolute Gasteiger partial charge is 0.496 e. The van der Waals surface area contributed by atoms with Gasteiger partial charge < -0.3 is 19.6 Å². The van der Waals surface area contributed by atoms with E-state index in [9.17, 15) is 0 Å². The zero-order chi connectivity index (χ0) is 22.6. The van der Waals surface area contributed by atoms with Crippen LogP contribution in [0.2, 0.25) is 0 Å². The van der Waals surface area contributed by atoms with Crippen molar-refractivity contribution in [2.45, 2.75) is 41.2 Å². The second kappa shape index (κ2) is 7.37. The summed E-state index contributed by atoms with van der Waals surface area (Å²) in [6.07, 6.45) is 1.85. The molecule has 0 aliphatic rings. The average molecular weight is 432 g/mol. The van der Waals surface area contributed by atoms with Crippen LogP contribution in [0.4, 0.5) is 11.6 Å². The van der Waals surface area contributed by atoms with Crippen LogP contribution in [-0.4, -0.2) is 37.0 Å². The molecule has 0 fully saturated rings. The standard InChI is InChI=1S/C23H25N7O2/c1-7-30-23(11(2)10-24-30)28-22-20-15-9-18(31-6)16(19-12(3)29-32-13(19)4)8-17(15)27-21(20)25-14(5)26-22/h8-10H,7H2,1-6H3,(H2,25,26,27,28). The van der Waals surface area contributed by atoms with Crippen LogP contribution in [0.5, 0.6) is 5.75 Å². The number of aryl methyl sites for hydroxylation is 5. The van der Waals surface area contributed by atoms with E-state index in [4.69, 9.17) is 14.2 Å². The summed E-state index contributed by atoms with van der Waals surface area (Å²) in [7, 11) is 1.67. The van der Waals surface area contributed by atoms with Crippen molar-refractivity contribution in [2.75, 3.05) is 12.4 Å². The van der Waals surface area contributed by atoms with Crippen molar-refractivity contribution in [1.82, 2.24) is 29.9 Å². The number of rotatable bonds is 5. The molecule has 0 spiro atoms. The highest BCUT2D eigenvalue weighted by Crippen LogP contribution is 2.41. The lowest BCUT2D eigenvalue weighted by Crippen LogP contribution is -2.06. The summed E-state index contributed by atoms with van der Waals surface area (Å²) in [4.78, 5) is 12.8. The van der Waals surface area contributed by atoms with E-state index in [0.29, 0.717) is 5.82 Å². The Hall–Kier alpha value is -3.88. The van der Waals surface area contributed by atoms with E-state index < -0.39 is 0 Å². The van der Waals surface area contributed by atoms with E-state index in [1.807, 2.05) is 44.6 Å². The number of benzene rings is 1. The summed E-state index contributed by atoms with van der Waals surface area (Å²) in [5.74, 6) is 3.79. The van der Waals surface area contributed by atoms with Crippen LogP contribution in [0.25, 0.3) is 33.1 Å². The molecule has 0 saturated heterocycles. The van der Waals surface area contributed by atoms with Gasteiger partial charge in [0.25, 0.3) is 0 Å². The summed E-state index contributed by atoms with van der Waals surface area (Å²) in [5, 5.41) is 13.9. The summed E-state index contributed by atoms with van der Waals surface area (Å²) >= 11 is 0. The third-order valence-electron chi connectivity index (χ3n) is 5.74. The quantitative estimate of drug-likeness (QED) is 0.405. The van der Waals surface area contributed by atoms with Crippen molar-refractivity contribution in [2.24, 2.45) is 0 Å². The number of nitrogens with zero attached hydrogens (tertiary/aromatic N) is 5. The summed E-state index contributed by atoms with van der Waals surface area (Å²) < 4.78 is 13.1. The number of aromatic amines is 1. The topological polar surface area (TPSA) is 107 Å². The van der Waals surface area contributed by atoms with Crippen molar-refractivity contribution < 1.29 is 9.26 Å². The number of anilines is 2. The van der Waals surface area contributed by atoms with Gasteiger partial charge in [-0.25, -0.2) is 14.6 Å². The zero-order valence-corrected chi connectivity index (χ0v) is 19.0. The van der Waals surface area contributed by atoms with Crippen LogP contribution in [0.3, 0.4) is 0 Å². The molecular weight excluding hydrogens is 406 g/mol. The fourth-order valence-corrected chi connectivity index (χ4v) is 4.25. The Bertz CT molecular complexity index is 1460. The molecule has 0 saturated carbocycles. The number of aromatic nitrogens is 6. The smallest absolute Gasteiger partial charge is 0.145 e. The van der Waals surface area contributed by atoms with Gasteiger partial charge in [0.2, 0.25) is 0 Å². The van der Waals surface area contributed by atoms with Crippen LogP contribution >= 0.6 is 0 Å². The monoisotopic (exact) mass is 431 g/mol. The molecule has 9 nitrogen and oxygen atoms in total. The first kappa shape index (κ1) is 20.0. The molecule has 0 bridgehead atoms. The van der Waals surface area contributed by atoms with Gasteiger partial charge in [0, 0.05) is 28.6 Å². The van der Waals surface area contributed by atoms with Crippen molar-refractivity contribution in [3.63, 3.8) is 0 Å². The van der Waals surface area contributed by atoms with E-state index in [2.05, 4.69) is 38.5 Å². The van der Waals surface area contributed by atoms with Crippen LogP contribution in [0.15, 0.2) is 22.9 Å². The first-order chi connectivity index (χ1) is 15.4. The predicted octanol–water partition coefficient (Wildman–Crippen LogP) is 4.97. The van der Waals surface area contributed by atoms with E-state index in [1.54, 1.807) is 7.11 Å². The lowest BCUT2D eigenvalue weighted by Gasteiger charge is -2.11. The minimum atomic E-state index is 0.671. The summed E-state index contributed by atoms with van der Waals surface area (Å²) in [5.41, 5.74) is 5.41. The number of H-pyrrole nitrogens is 1. The highest BCUT2D eigenvalue weighted by Gasteiger charge is 2.21. The van der Waals surface area contributed by atoms with Crippen LogP contribution < -0.4 is 10.1 Å². The van der Waals surface area contributed by atoms with Crippen LogP contribution in [-0.2, 0) is 6.54 Å². The third-order valence-corrected chi connectivity index (χ3v) is 5.74. The molecule has 4 aromatic heterocycles. The molecule has 32 heavy (non-hydrogen) atoms. The molecule has 0 unspecified atom stereocenters. The first-order valence-electron chi connectivity index (χ1n) is 10.5. The lowest BCUT2D eigenvalue weighted by molar-refractivity contribution is 0.393. The Balaban J connectivity index is 1.77. The Labute approximate surface area is 184 Å². The SMILES string of the molecule is CCn1ncc(C)c1Nc1nc(C)nc2[nH]c3cc(-c4c(C)noc4C)c(OC)cc3c12. The molecule has 2 N–H and O–H groups in total. The lowest BCUT2D eigenvalue weighted by atomic mass is 10.0. The number of hydrogen-bond donors (Lipinski definition) is 2. The second-order valence-corrected chi connectivity index (χ2v) is 7.88. The number of nitrogens with one attached hydrogen (secondary N) is 2. The Morgan fingerprint density at radius 3 is 2.66 bits per heavy atom. The fourth-order valence-electron chi connectivity index (χ4n) is 4.25. The second-order valence-electron chi connectivity index (χ2n) is 7.88. The number of fused-ring (bicyclic) bond motifs is 3. The van der Waals surface area contributed by atoms with Crippen molar-refractivity contribution in [1.29, 1.82) is 0 Å². The van der Waals surface area contributed by atoms with Gasteiger partial charge in [-0.2, -0.15) is 5.10 Å². The van der Waals surface area contributed by atoms with Crippen molar-refractivity contribution in [3.8, 4) is 16.9 Å². The molecule has 5 aromatic rings. The first-order valence-corrected chi connectivity index (χ1v) is 10.5. The van der Waals surface area contributed by atoms with Crippen LogP contribution in [0, 0.1) is 27.7 Å². The molecule has 0 aliphatic carbocycles. The zero-order valence-electron chi connectivity index (χ0n) is 19.0. The van der Waals surface area contributed by atoms with Gasteiger partial charge in [0.1, 0.15) is 34.6 Å². The highest BCUT2D eigenvalue weighted by molar-refractivity contribution is 6.13. The molecule has 0 radical (unpaired) electrons. The summed E-state index contributed by atoms with van der Waals surface area (Å²) in [6, 6.07) is 4.08. The highest BCUT2D eigenvalue weighted by atomic mass is 16.5. The number of ether oxygens (including phenoxy) is 1. The molecule has 9 heteroatoms. The van der Waals surface area contributed by atoms with Gasteiger partial charge >= 0.3 is 0 Å². The van der Waals surface area contributed by atoms with Gasteiger partial charge in [-0.05, 0) is 46.8 Å². The van der Waals surface area contributed by atoms with Crippen molar-refractivity contribution in [3.05, 3.63) is 41.2 Å². The van der Waals surface area contributed by atoms with E-state index in [0.717, 1.165) is 74.0 Å². The Morgan fingerprint density at radius 2 is 1.97 bits per heavy atom. The molecule has 1 aromatic carbocycles. The molecular formula is C23H25N7O2. The van der Waals surface area contributed by atoms with Gasteiger partial charge in [-0.1, -0.05) is 5.16 Å². The maximum Gasteiger partial charge on any atom is 0.145 e. The predicted molar refractivity (Wildman–Crippen MR) is 124 cm³/mol. The maximum atomic E-state index is 5.77. The molecule has 164 valence electrons. The normalized spacial score (nSPS) is 11.6. The van der Waals surface area contributed by atoms with Crippen molar-refractivity contribution >= 4 is 33.6 Å². The third kappa shape index (κ3) is 3.00. The molecule has 0 aliphatic heterocycles. The molecule has 0 amide bonds. The van der Waals surface area contributed by atoms with Gasteiger partial charge in [-0.3, -0.25) is 0 Å². The van der Waals surface area contributed by atoms with Gasteiger partial charge in [0.05, 0.1) is 30.0 Å². The Kier molecular flexibility index (Phi) is 4.61. The minimum Gasteiger partial charge on any atom is -0.496 e. The van der Waals surface area contributed by atoms with E-state index >= 15 is 0 Å². The van der Waals surface area contributed by atoms with Gasteiger partial charge in [0.15, 0.2) is 0 Å². The molecule has 5 rings (SSSR count). The maximum absolute atomic E-state index is 5.77. The number of hydrogen-bond acceptors (Lipinski definition) is 7. The van der Waals surface area contributed by atoms with Gasteiger partial charge in [-0.15, -0.1) is 0 Å². The Morgan fingerprint density at radius 1 is 1.16 bits per heavy atom. The number of methoxy groups -OCH3 is 1. The molecule has 0 atom stereocenters. The average Bonchev–Trinajstić information content (AvgIpc) is 3.41. The van der Waals surface area contributed by atoms with E-state index in [1.165, 1.54) is 0 Å². The van der Waals surface area contributed by atoms with Crippen LogP contribution in [0.1, 0.15) is 29.8 Å². The molecule has 4 heterocycles.